The van der Waals surface area contributed by atoms with Crippen LogP contribution in [0.4, 0.5) is 17.3 Å². The third-order valence-corrected chi connectivity index (χ3v) is 4.60. The smallest absolute Gasteiger partial charge is 0.305 e. The number of anilines is 1. The monoisotopic (exact) mass is 421 g/mol. The number of hydrogen-bond donors (Lipinski definition) is 1. The maximum Gasteiger partial charge on any atom is 0.305 e. The van der Waals surface area contributed by atoms with Gasteiger partial charge in [-0.3, -0.25) is 4.79 Å². The van der Waals surface area contributed by atoms with E-state index >= 15 is 0 Å². The summed E-state index contributed by atoms with van der Waals surface area (Å²) in [5.41, 5.74) is 2.72. The Morgan fingerprint density at radius 2 is 1.97 bits per heavy atom. The Hall–Kier alpha value is -3.72. The first-order valence-corrected chi connectivity index (χ1v) is 10.4. The number of rotatable bonds is 11. The largest absolute Gasteiger partial charge is 0.466 e. The van der Waals surface area contributed by atoms with Crippen LogP contribution in [-0.4, -0.2) is 35.6 Å². The average molecular weight is 422 g/mol. The summed E-state index contributed by atoms with van der Waals surface area (Å²) in [6.45, 7) is 7.97. The summed E-state index contributed by atoms with van der Waals surface area (Å²) in [4.78, 5) is 20.5. The van der Waals surface area contributed by atoms with Crippen LogP contribution in [0.3, 0.4) is 0 Å². The van der Waals surface area contributed by atoms with Crippen LogP contribution < -0.4 is 4.90 Å². The molecule has 0 amide bonds. The highest BCUT2D eigenvalue weighted by atomic mass is 16.5. The molecule has 9 nitrogen and oxygen atoms in total. The van der Waals surface area contributed by atoms with E-state index in [1.807, 2.05) is 44.2 Å². The van der Waals surface area contributed by atoms with Crippen molar-refractivity contribution in [2.75, 3.05) is 24.6 Å². The molecule has 0 fully saturated rings. The minimum atomic E-state index is -0.165. The molecule has 1 aromatic heterocycles. The van der Waals surface area contributed by atoms with E-state index in [1.54, 1.807) is 0 Å². The van der Waals surface area contributed by atoms with Gasteiger partial charge in [-0.15, -0.1) is 10.2 Å². The van der Waals surface area contributed by atoms with Gasteiger partial charge in [0.2, 0.25) is 5.95 Å². The van der Waals surface area contributed by atoms with Gasteiger partial charge >= 0.3 is 5.97 Å². The van der Waals surface area contributed by atoms with Gasteiger partial charge in [-0.05, 0) is 50.5 Å². The maximum absolute atomic E-state index is 11.6. The number of esters is 1. The van der Waals surface area contributed by atoms with Crippen LogP contribution in [0.5, 0.6) is 0 Å². The Balaban J connectivity index is 2.11. The van der Waals surface area contributed by atoms with Crippen LogP contribution in [0.2, 0.25) is 0 Å². The standard InChI is InChI=1S/C22H27N7O2/c1-4-6-11-29(12-7-8-21(30)31-5-2)17-9-10-18(16(3)13-17)27-28-22-25-19(14-23)20(15-24)26-22/h9-10,13H,4-8,11-12H2,1-3H3,(H,25,26). The lowest BCUT2D eigenvalue weighted by Crippen LogP contribution is -2.26. The van der Waals surface area contributed by atoms with Gasteiger partial charge in [-0.1, -0.05) is 13.3 Å². The lowest BCUT2D eigenvalue weighted by atomic mass is 10.1. The van der Waals surface area contributed by atoms with E-state index in [4.69, 9.17) is 15.3 Å². The van der Waals surface area contributed by atoms with Gasteiger partial charge in [0.05, 0.1) is 12.3 Å². The molecule has 1 N–H and O–H groups in total. The molecular formula is C22H27N7O2. The topological polar surface area (TPSA) is 131 Å². The molecule has 0 saturated carbocycles. The predicted molar refractivity (Wildman–Crippen MR) is 116 cm³/mol. The predicted octanol–water partition coefficient (Wildman–Crippen LogP) is 4.83. The molecule has 0 spiro atoms. The van der Waals surface area contributed by atoms with Crippen LogP contribution in [0, 0.1) is 29.6 Å². The Bertz CT molecular complexity index is 967. The van der Waals surface area contributed by atoms with E-state index in [0.29, 0.717) is 18.7 Å². The van der Waals surface area contributed by atoms with Crippen LogP contribution in [-0.2, 0) is 9.53 Å². The zero-order valence-electron chi connectivity index (χ0n) is 18.2. The van der Waals surface area contributed by atoms with E-state index in [0.717, 1.165) is 43.6 Å². The molecule has 9 heteroatoms. The third-order valence-electron chi connectivity index (χ3n) is 4.60. The van der Waals surface area contributed by atoms with Crippen molar-refractivity contribution in [2.45, 2.75) is 46.5 Å². The molecule has 0 atom stereocenters. The van der Waals surface area contributed by atoms with Gasteiger partial charge < -0.3 is 14.6 Å². The van der Waals surface area contributed by atoms with E-state index < -0.39 is 0 Å². The molecule has 0 radical (unpaired) electrons. The quantitative estimate of drug-likeness (QED) is 0.408. The van der Waals surface area contributed by atoms with Crippen molar-refractivity contribution in [3.8, 4) is 12.1 Å². The molecule has 2 aromatic rings. The summed E-state index contributed by atoms with van der Waals surface area (Å²) < 4.78 is 5.01. The fourth-order valence-corrected chi connectivity index (χ4v) is 2.99. The summed E-state index contributed by atoms with van der Waals surface area (Å²) in [7, 11) is 0. The highest BCUT2D eigenvalue weighted by molar-refractivity contribution is 5.69. The molecule has 2 rings (SSSR count). The minimum Gasteiger partial charge on any atom is -0.466 e. The molecule has 0 saturated heterocycles. The van der Waals surface area contributed by atoms with Crippen molar-refractivity contribution in [3.05, 3.63) is 35.2 Å². The van der Waals surface area contributed by atoms with Crippen molar-refractivity contribution in [1.82, 2.24) is 9.97 Å². The van der Waals surface area contributed by atoms with Crippen molar-refractivity contribution in [3.63, 3.8) is 0 Å². The number of nitrogens with zero attached hydrogens (tertiary/aromatic N) is 6. The van der Waals surface area contributed by atoms with E-state index in [9.17, 15) is 4.79 Å². The van der Waals surface area contributed by atoms with Gasteiger partial charge in [0.1, 0.15) is 12.1 Å². The fourth-order valence-electron chi connectivity index (χ4n) is 2.99. The lowest BCUT2D eigenvalue weighted by molar-refractivity contribution is -0.143. The maximum atomic E-state index is 11.6. The van der Waals surface area contributed by atoms with Crippen molar-refractivity contribution in [2.24, 2.45) is 10.2 Å². The van der Waals surface area contributed by atoms with Gasteiger partial charge in [0, 0.05) is 25.2 Å². The van der Waals surface area contributed by atoms with Gasteiger partial charge in [-0.25, -0.2) is 0 Å². The lowest BCUT2D eigenvalue weighted by Gasteiger charge is -2.25. The van der Waals surface area contributed by atoms with Gasteiger partial charge in [-0.2, -0.15) is 15.5 Å². The number of benzene rings is 1. The zero-order chi connectivity index (χ0) is 22.6. The van der Waals surface area contributed by atoms with Crippen molar-refractivity contribution >= 4 is 23.3 Å². The molecule has 0 unspecified atom stereocenters. The number of H-pyrrole nitrogens is 1. The third kappa shape index (κ3) is 6.93. The minimum absolute atomic E-state index is 0.00194. The van der Waals surface area contributed by atoms with Crippen molar-refractivity contribution in [1.29, 1.82) is 10.5 Å². The Morgan fingerprint density at radius 1 is 1.19 bits per heavy atom. The molecule has 0 aliphatic carbocycles. The number of imidazole rings is 1. The van der Waals surface area contributed by atoms with E-state index in [2.05, 4.69) is 32.0 Å². The number of aromatic amines is 1. The average Bonchev–Trinajstić information content (AvgIpc) is 3.18. The fraction of sp³-hybridized carbons (Fsp3) is 0.455. The number of nitriles is 2. The second-order valence-electron chi connectivity index (χ2n) is 6.93. The first kappa shape index (κ1) is 23.6. The molecule has 31 heavy (non-hydrogen) atoms. The number of nitrogens with one attached hydrogen (secondary N) is 1. The van der Waals surface area contributed by atoms with Crippen molar-refractivity contribution < 1.29 is 9.53 Å². The number of carbonyl (C=O) groups is 1. The normalized spacial score (nSPS) is 10.6. The second kappa shape index (κ2) is 12.1. The highest BCUT2D eigenvalue weighted by Crippen LogP contribution is 2.27. The molecule has 0 aliphatic heterocycles. The summed E-state index contributed by atoms with van der Waals surface area (Å²) >= 11 is 0. The van der Waals surface area contributed by atoms with Gasteiger partial charge in [0.25, 0.3) is 0 Å². The number of aromatic nitrogens is 2. The molecule has 1 aromatic carbocycles. The second-order valence-corrected chi connectivity index (χ2v) is 6.93. The molecule has 162 valence electrons. The number of aryl methyl sites for hydroxylation is 1. The number of carbonyl (C=O) groups excluding carboxylic acids is 1. The van der Waals surface area contributed by atoms with Crippen LogP contribution in [0.1, 0.15) is 56.5 Å². The first-order chi connectivity index (χ1) is 15.0. The number of azo groups is 1. The molecular weight excluding hydrogens is 394 g/mol. The van der Waals surface area contributed by atoms with E-state index in [1.165, 1.54) is 0 Å². The van der Waals surface area contributed by atoms with Crippen LogP contribution in [0.15, 0.2) is 28.4 Å². The first-order valence-electron chi connectivity index (χ1n) is 10.4. The molecule has 1 heterocycles. The van der Waals surface area contributed by atoms with Crippen LogP contribution >= 0.6 is 0 Å². The molecule has 0 bridgehead atoms. The van der Waals surface area contributed by atoms with Gasteiger partial charge in [0.15, 0.2) is 11.4 Å². The highest BCUT2D eigenvalue weighted by Gasteiger charge is 2.11. The summed E-state index contributed by atoms with van der Waals surface area (Å²) in [5, 5.41) is 26.2. The number of ether oxygens (including phenoxy) is 1. The Labute approximate surface area is 182 Å². The zero-order valence-corrected chi connectivity index (χ0v) is 18.2. The Morgan fingerprint density at radius 3 is 2.58 bits per heavy atom. The summed E-state index contributed by atoms with van der Waals surface area (Å²) in [6, 6.07) is 9.60. The summed E-state index contributed by atoms with van der Waals surface area (Å²) in [5.74, 6) is -0.0537. The number of hydrogen-bond acceptors (Lipinski definition) is 8. The van der Waals surface area contributed by atoms with E-state index in [-0.39, 0.29) is 23.3 Å². The van der Waals surface area contributed by atoms with Crippen LogP contribution in [0.25, 0.3) is 0 Å². The molecule has 0 aliphatic rings. The Kier molecular flexibility index (Phi) is 9.18. The number of unbranched alkanes of at least 4 members (excludes halogenated alkanes) is 1. The summed E-state index contributed by atoms with van der Waals surface area (Å²) in [6.07, 6.45) is 3.27. The SMILES string of the molecule is CCCCN(CCCC(=O)OCC)c1ccc(N=Nc2nc(C#N)c(C#N)[nH]2)c(C)c1.